The van der Waals surface area contributed by atoms with Crippen molar-refractivity contribution in [2.75, 3.05) is 28.6 Å². The smallest absolute Gasteiger partial charge is 0.416 e. The minimum Gasteiger partial charge on any atom is -0.465 e. The molecule has 0 saturated carbocycles. The molecule has 0 bridgehead atoms. The fraction of sp³-hybridized carbons (Fsp3) is 0.222. The summed E-state index contributed by atoms with van der Waals surface area (Å²) < 4.78 is 94.2. The Balaban J connectivity index is 1.85. The number of alkyl halides is 6. The first kappa shape index (κ1) is 30.7. The van der Waals surface area contributed by atoms with E-state index in [4.69, 9.17) is 0 Å². The number of hydrogen-bond donors (Lipinski definition) is 2. The van der Waals surface area contributed by atoms with Crippen LogP contribution in [0.15, 0.2) is 71.6 Å². The topological polar surface area (TPSA) is 98.2 Å². The number of carbonyl (C=O) groups is 3. The number of carbonyl (C=O) groups excluding carboxylic acids is 1. The molecule has 222 valence electrons. The Kier molecular flexibility index (Phi) is 8.18. The zero-order chi connectivity index (χ0) is 31.0. The number of nitrogens with zero attached hydrogens (tertiary/aromatic N) is 2. The van der Waals surface area contributed by atoms with E-state index in [0.29, 0.717) is 34.1 Å². The zero-order valence-electron chi connectivity index (χ0n) is 21.0. The van der Waals surface area contributed by atoms with Crippen molar-refractivity contribution >= 4 is 41.1 Å². The molecule has 3 aromatic rings. The average Bonchev–Trinajstić information content (AvgIpc) is 2.91. The van der Waals surface area contributed by atoms with E-state index in [2.05, 4.69) is 0 Å². The Labute approximate surface area is 237 Å². The number of carboxylic acid groups (broad SMARTS) is 2. The van der Waals surface area contributed by atoms with Crippen molar-refractivity contribution in [2.45, 2.75) is 17.2 Å². The lowest BCUT2D eigenvalue weighted by Gasteiger charge is -2.41. The van der Waals surface area contributed by atoms with Crippen LogP contribution >= 0.6 is 11.8 Å². The summed E-state index contributed by atoms with van der Waals surface area (Å²) in [6, 6.07) is 9.52. The van der Waals surface area contributed by atoms with Crippen molar-refractivity contribution in [1.29, 1.82) is 0 Å². The maximum atomic E-state index is 13.9. The molecule has 0 aliphatic carbocycles. The normalized spacial score (nSPS) is 14.7. The molecule has 7 nitrogen and oxygen atoms in total. The molecule has 0 fully saturated rings. The Morgan fingerprint density at radius 2 is 1.26 bits per heavy atom. The predicted molar refractivity (Wildman–Crippen MR) is 138 cm³/mol. The lowest BCUT2D eigenvalue weighted by Crippen LogP contribution is -2.55. The van der Waals surface area contributed by atoms with Gasteiger partial charge in [-0.15, -0.1) is 11.8 Å². The van der Waals surface area contributed by atoms with Crippen LogP contribution < -0.4 is 9.80 Å². The molecular formula is C27H19F7N2O5S. The van der Waals surface area contributed by atoms with Crippen molar-refractivity contribution in [3.63, 3.8) is 0 Å². The Morgan fingerprint density at radius 3 is 1.69 bits per heavy atom. The summed E-state index contributed by atoms with van der Waals surface area (Å²) in [4.78, 5) is 39.7. The monoisotopic (exact) mass is 616 g/mol. The van der Waals surface area contributed by atoms with Crippen molar-refractivity contribution < 1.29 is 55.3 Å². The molecule has 2 amide bonds. The fourth-order valence-electron chi connectivity index (χ4n) is 4.50. The highest BCUT2D eigenvalue weighted by Gasteiger charge is 2.48. The van der Waals surface area contributed by atoms with Gasteiger partial charge in [-0.2, -0.15) is 26.3 Å². The number of fused-ring (bicyclic) bond motifs is 1. The molecule has 0 radical (unpaired) electrons. The Morgan fingerprint density at radius 1 is 0.786 bits per heavy atom. The summed E-state index contributed by atoms with van der Waals surface area (Å²) in [5, 5.41) is 20.0. The van der Waals surface area contributed by atoms with Crippen LogP contribution in [0.5, 0.6) is 0 Å². The molecule has 0 spiro atoms. The molecule has 1 aliphatic rings. The van der Waals surface area contributed by atoms with Gasteiger partial charge in [0.1, 0.15) is 5.82 Å². The van der Waals surface area contributed by atoms with E-state index in [1.54, 1.807) is 0 Å². The van der Waals surface area contributed by atoms with Gasteiger partial charge in [-0.3, -0.25) is 14.6 Å². The quantitative estimate of drug-likeness (QED) is 0.278. The van der Waals surface area contributed by atoms with Crippen LogP contribution in [0.3, 0.4) is 0 Å². The summed E-state index contributed by atoms with van der Waals surface area (Å²) in [6.07, 6.45) is -13.3. The maximum absolute atomic E-state index is 13.9. The first-order valence-corrected chi connectivity index (χ1v) is 12.8. The molecule has 2 N–H and O–H groups in total. The summed E-state index contributed by atoms with van der Waals surface area (Å²) >= 11 is 0.866. The number of hydrogen-bond acceptors (Lipinski definition) is 4. The number of halogens is 7. The second-order valence-corrected chi connectivity index (χ2v) is 10.4. The van der Waals surface area contributed by atoms with Crippen molar-refractivity contribution in [3.05, 3.63) is 89.2 Å². The van der Waals surface area contributed by atoms with Gasteiger partial charge in [0.15, 0.2) is 5.78 Å². The third-order valence-electron chi connectivity index (χ3n) is 6.53. The van der Waals surface area contributed by atoms with Crippen LogP contribution in [0.2, 0.25) is 0 Å². The van der Waals surface area contributed by atoms with Crippen LogP contribution in [0.4, 0.5) is 51.7 Å². The highest BCUT2D eigenvalue weighted by atomic mass is 32.2. The van der Waals surface area contributed by atoms with E-state index in [-0.39, 0.29) is 16.2 Å². The standard InChI is InChI=1S/C27H19F7N2O5S/c28-17-7-8-20-21(11-17)42-14-25(22(20)37,12-35(23(38)39)18-5-1-3-15(9-18)26(29,30)31)13-36(24(40)41)19-6-2-4-16(10-19)27(32,33)34/h1-11H,12-14H2,(H,38,39)(H,40,41). The van der Waals surface area contributed by atoms with E-state index in [9.17, 15) is 55.3 Å². The van der Waals surface area contributed by atoms with E-state index in [1.165, 1.54) is 0 Å². The van der Waals surface area contributed by atoms with Crippen LogP contribution in [0, 0.1) is 11.2 Å². The summed E-state index contributed by atoms with van der Waals surface area (Å²) in [5.74, 6) is -1.95. The van der Waals surface area contributed by atoms with Gasteiger partial charge in [0.25, 0.3) is 0 Å². The summed E-state index contributed by atoms with van der Waals surface area (Å²) in [7, 11) is 0. The number of benzene rings is 3. The highest BCUT2D eigenvalue weighted by Crippen LogP contribution is 2.43. The molecular weight excluding hydrogens is 597 g/mol. The van der Waals surface area contributed by atoms with E-state index in [0.717, 1.165) is 54.2 Å². The number of anilines is 2. The van der Waals surface area contributed by atoms with E-state index >= 15 is 0 Å². The van der Waals surface area contributed by atoms with Gasteiger partial charge < -0.3 is 10.2 Å². The van der Waals surface area contributed by atoms with Gasteiger partial charge in [0, 0.05) is 40.7 Å². The second-order valence-electron chi connectivity index (χ2n) is 9.37. The van der Waals surface area contributed by atoms with Gasteiger partial charge >= 0.3 is 24.5 Å². The third kappa shape index (κ3) is 6.30. The van der Waals surface area contributed by atoms with Gasteiger partial charge in [-0.1, -0.05) is 12.1 Å². The van der Waals surface area contributed by atoms with Gasteiger partial charge in [-0.05, 0) is 54.6 Å². The molecule has 1 heterocycles. The number of rotatable bonds is 6. The average molecular weight is 617 g/mol. The molecule has 1 aliphatic heterocycles. The van der Waals surface area contributed by atoms with Gasteiger partial charge in [0.2, 0.25) is 0 Å². The zero-order valence-corrected chi connectivity index (χ0v) is 21.9. The molecule has 3 aromatic carbocycles. The predicted octanol–water partition coefficient (Wildman–Crippen LogP) is 7.51. The van der Waals surface area contributed by atoms with Crippen molar-refractivity contribution in [3.8, 4) is 0 Å². The third-order valence-corrected chi connectivity index (χ3v) is 7.87. The van der Waals surface area contributed by atoms with Crippen molar-refractivity contribution in [2.24, 2.45) is 5.41 Å². The highest BCUT2D eigenvalue weighted by molar-refractivity contribution is 7.99. The van der Waals surface area contributed by atoms with Crippen LogP contribution in [-0.4, -0.2) is 47.0 Å². The molecule has 0 saturated heterocycles. The second kappa shape index (κ2) is 11.2. The first-order valence-electron chi connectivity index (χ1n) is 11.8. The lowest BCUT2D eigenvalue weighted by molar-refractivity contribution is -0.138. The summed E-state index contributed by atoms with van der Waals surface area (Å²) in [6.45, 7) is -1.76. The van der Waals surface area contributed by atoms with E-state index < -0.39 is 77.1 Å². The number of amides is 2. The Hall–Kier alpha value is -4.27. The molecule has 0 unspecified atom stereocenters. The minimum absolute atomic E-state index is 0.114. The number of ketones is 1. The fourth-order valence-corrected chi connectivity index (χ4v) is 5.76. The lowest BCUT2D eigenvalue weighted by atomic mass is 9.79. The Bertz CT molecular complexity index is 1470. The van der Waals surface area contributed by atoms with Gasteiger partial charge in [0.05, 0.1) is 16.5 Å². The molecule has 0 aromatic heterocycles. The van der Waals surface area contributed by atoms with Gasteiger partial charge in [-0.25, -0.2) is 14.0 Å². The SMILES string of the molecule is O=C(O)N(CC1(CN(C(=O)O)c2cccc(C(F)(F)F)c2)CSc2cc(F)ccc2C1=O)c1cccc(C(F)(F)F)c1. The largest absolute Gasteiger partial charge is 0.465 e. The van der Waals surface area contributed by atoms with Crippen LogP contribution in [0.1, 0.15) is 21.5 Å². The van der Waals surface area contributed by atoms with Crippen molar-refractivity contribution in [1.82, 2.24) is 0 Å². The van der Waals surface area contributed by atoms with E-state index in [1.807, 2.05) is 0 Å². The summed E-state index contributed by atoms with van der Waals surface area (Å²) in [5.41, 5.74) is -5.50. The minimum atomic E-state index is -4.85. The molecule has 0 atom stereocenters. The molecule has 15 heteroatoms. The maximum Gasteiger partial charge on any atom is 0.416 e. The number of Topliss-reactive ketones (excluding diaryl/α,β-unsaturated/α-hetero) is 1. The first-order chi connectivity index (χ1) is 19.5. The van der Waals surface area contributed by atoms with Crippen LogP contribution in [-0.2, 0) is 12.4 Å². The molecule has 42 heavy (non-hydrogen) atoms. The van der Waals surface area contributed by atoms with Crippen LogP contribution in [0.25, 0.3) is 0 Å². The molecule has 4 rings (SSSR count). The number of thioether (sulfide) groups is 1.